The first-order valence-electron chi connectivity index (χ1n) is 7.13. The quantitative estimate of drug-likeness (QED) is 0.800. The van der Waals surface area contributed by atoms with Crippen molar-refractivity contribution in [3.05, 3.63) is 24.0 Å². The molecule has 1 aromatic heterocycles. The third-order valence-corrected chi connectivity index (χ3v) is 3.27. The molecule has 1 rings (SSSR count). The van der Waals surface area contributed by atoms with Gasteiger partial charge in [-0.1, -0.05) is 0 Å². The third kappa shape index (κ3) is 4.81. The maximum absolute atomic E-state index is 12.0. The summed E-state index contributed by atoms with van der Waals surface area (Å²) < 4.78 is 0. The molecule has 0 spiro atoms. The van der Waals surface area contributed by atoms with Crippen LogP contribution in [-0.4, -0.2) is 48.0 Å². The van der Waals surface area contributed by atoms with Gasteiger partial charge in [0.25, 0.3) is 5.91 Å². The molecule has 5 heteroatoms. The van der Waals surface area contributed by atoms with Crippen molar-refractivity contribution in [3.8, 4) is 0 Å². The number of nitrogens with zero attached hydrogens (tertiary/aromatic N) is 2. The number of hydrogen-bond acceptors (Lipinski definition) is 4. The molecule has 5 nitrogen and oxygen atoms in total. The standard InChI is InChI=1S/C15H26N4O/c1-11(2)19(12(3)4)9-8-17-15(20)14-7-6-13(16-5)10-18-14/h6-7,10-12,16H,8-9H2,1-5H3,(H,17,20). The number of hydrogen-bond donors (Lipinski definition) is 2. The maximum Gasteiger partial charge on any atom is 0.269 e. The molecule has 2 N–H and O–H groups in total. The number of carbonyl (C=O) groups is 1. The third-order valence-electron chi connectivity index (χ3n) is 3.27. The fourth-order valence-electron chi connectivity index (χ4n) is 2.18. The Bertz CT molecular complexity index is 406. The lowest BCUT2D eigenvalue weighted by molar-refractivity contribution is 0.0934. The normalized spacial score (nSPS) is 11.2. The van der Waals surface area contributed by atoms with Gasteiger partial charge in [0.1, 0.15) is 5.69 Å². The zero-order valence-electron chi connectivity index (χ0n) is 13.1. The van der Waals surface area contributed by atoms with E-state index in [4.69, 9.17) is 0 Å². The highest BCUT2D eigenvalue weighted by Gasteiger charge is 2.13. The maximum atomic E-state index is 12.0. The van der Waals surface area contributed by atoms with Gasteiger partial charge in [-0.3, -0.25) is 9.69 Å². The number of nitrogens with one attached hydrogen (secondary N) is 2. The minimum atomic E-state index is -0.125. The fraction of sp³-hybridized carbons (Fsp3) is 0.600. The summed E-state index contributed by atoms with van der Waals surface area (Å²) in [5.74, 6) is -0.125. The van der Waals surface area contributed by atoms with E-state index in [1.54, 1.807) is 12.3 Å². The van der Waals surface area contributed by atoms with Gasteiger partial charge in [-0.25, -0.2) is 4.98 Å². The zero-order chi connectivity index (χ0) is 15.1. The molecular weight excluding hydrogens is 252 g/mol. The van der Waals surface area contributed by atoms with Crippen LogP contribution in [0.4, 0.5) is 5.69 Å². The summed E-state index contributed by atoms with van der Waals surface area (Å²) in [5.41, 5.74) is 1.34. The van der Waals surface area contributed by atoms with Crippen molar-refractivity contribution in [2.75, 3.05) is 25.5 Å². The molecule has 20 heavy (non-hydrogen) atoms. The smallest absolute Gasteiger partial charge is 0.269 e. The highest BCUT2D eigenvalue weighted by molar-refractivity contribution is 5.92. The van der Waals surface area contributed by atoms with Crippen LogP contribution in [0.3, 0.4) is 0 Å². The van der Waals surface area contributed by atoms with Crippen molar-refractivity contribution < 1.29 is 4.79 Å². The van der Waals surface area contributed by atoms with Gasteiger partial charge in [0.2, 0.25) is 0 Å². The summed E-state index contributed by atoms with van der Waals surface area (Å²) >= 11 is 0. The van der Waals surface area contributed by atoms with Gasteiger partial charge in [0, 0.05) is 32.2 Å². The molecule has 0 saturated heterocycles. The minimum absolute atomic E-state index is 0.125. The SMILES string of the molecule is CNc1ccc(C(=O)NCCN(C(C)C)C(C)C)nc1. The monoisotopic (exact) mass is 278 g/mol. The number of amides is 1. The van der Waals surface area contributed by atoms with Gasteiger partial charge in [-0.2, -0.15) is 0 Å². The van der Waals surface area contributed by atoms with Crippen molar-refractivity contribution in [3.63, 3.8) is 0 Å². The lowest BCUT2D eigenvalue weighted by atomic mass is 10.2. The molecule has 0 saturated carbocycles. The number of carbonyl (C=O) groups excluding carboxylic acids is 1. The van der Waals surface area contributed by atoms with E-state index in [0.29, 0.717) is 24.3 Å². The van der Waals surface area contributed by atoms with Crippen LogP contribution in [-0.2, 0) is 0 Å². The van der Waals surface area contributed by atoms with Crippen LogP contribution in [0.1, 0.15) is 38.2 Å². The van der Waals surface area contributed by atoms with E-state index < -0.39 is 0 Å². The first kappa shape index (κ1) is 16.4. The Morgan fingerprint density at radius 2 is 1.90 bits per heavy atom. The van der Waals surface area contributed by atoms with Crippen LogP contribution in [0.25, 0.3) is 0 Å². The number of aromatic nitrogens is 1. The van der Waals surface area contributed by atoms with Crippen molar-refractivity contribution in [1.82, 2.24) is 15.2 Å². The van der Waals surface area contributed by atoms with E-state index in [1.807, 2.05) is 13.1 Å². The van der Waals surface area contributed by atoms with Gasteiger partial charge in [-0.05, 0) is 39.8 Å². The summed E-state index contributed by atoms with van der Waals surface area (Å²) in [6, 6.07) is 4.51. The first-order valence-corrected chi connectivity index (χ1v) is 7.13. The molecule has 112 valence electrons. The van der Waals surface area contributed by atoms with Gasteiger partial charge < -0.3 is 10.6 Å². The Morgan fingerprint density at radius 3 is 2.35 bits per heavy atom. The van der Waals surface area contributed by atoms with E-state index in [0.717, 1.165) is 12.2 Å². The van der Waals surface area contributed by atoms with E-state index in [2.05, 4.69) is 48.2 Å². The lowest BCUT2D eigenvalue weighted by Crippen LogP contribution is -2.42. The minimum Gasteiger partial charge on any atom is -0.387 e. The van der Waals surface area contributed by atoms with Crippen LogP contribution in [0.2, 0.25) is 0 Å². The van der Waals surface area contributed by atoms with E-state index in [9.17, 15) is 4.79 Å². The first-order chi connectivity index (χ1) is 9.45. The molecule has 0 aliphatic rings. The fourth-order valence-corrected chi connectivity index (χ4v) is 2.18. The summed E-state index contributed by atoms with van der Waals surface area (Å²) in [5, 5.41) is 5.89. The summed E-state index contributed by atoms with van der Waals surface area (Å²) in [7, 11) is 1.82. The van der Waals surface area contributed by atoms with Gasteiger partial charge in [0.05, 0.1) is 11.9 Å². The molecule has 0 fully saturated rings. The molecule has 0 unspecified atom stereocenters. The van der Waals surface area contributed by atoms with Crippen LogP contribution in [0.15, 0.2) is 18.3 Å². The topological polar surface area (TPSA) is 57.3 Å². The molecule has 0 bridgehead atoms. The lowest BCUT2D eigenvalue weighted by Gasteiger charge is -2.30. The van der Waals surface area contributed by atoms with Crippen molar-refractivity contribution in [1.29, 1.82) is 0 Å². The predicted molar refractivity (Wildman–Crippen MR) is 83.1 cm³/mol. The van der Waals surface area contributed by atoms with Crippen molar-refractivity contribution in [2.24, 2.45) is 0 Å². The van der Waals surface area contributed by atoms with E-state index in [1.165, 1.54) is 0 Å². The Hall–Kier alpha value is -1.62. The molecule has 1 heterocycles. The van der Waals surface area contributed by atoms with E-state index in [-0.39, 0.29) is 5.91 Å². The molecule has 1 amide bonds. The molecule has 0 aliphatic heterocycles. The molecule has 0 atom stereocenters. The summed E-state index contributed by atoms with van der Waals surface area (Å²) in [4.78, 5) is 18.4. The van der Waals surface area contributed by atoms with Gasteiger partial charge in [-0.15, -0.1) is 0 Å². The number of pyridine rings is 1. The highest BCUT2D eigenvalue weighted by atomic mass is 16.1. The molecular formula is C15H26N4O. The second kappa shape index (κ2) is 7.85. The Kier molecular flexibility index (Phi) is 6.45. The summed E-state index contributed by atoms with van der Waals surface area (Å²) in [6.45, 7) is 10.1. The van der Waals surface area contributed by atoms with Crippen LogP contribution < -0.4 is 10.6 Å². The predicted octanol–water partition coefficient (Wildman–Crippen LogP) is 1.97. The second-order valence-electron chi connectivity index (χ2n) is 5.36. The largest absolute Gasteiger partial charge is 0.387 e. The van der Waals surface area contributed by atoms with Gasteiger partial charge in [0.15, 0.2) is 0 Å². The van der Waals surface area contributed by atoms with Crippen LogP contribution >= 0.6 is 0 Å². The number of anilines is 1. The molecule has 0 aliphatic carbocycles. The second-order valence-corrected chi connectivity index (χ2v) is 5.36. The Labute approximate surface area is 121 Å². The molecule has 0 aromatic carbocycles. The van der Waals surface area contributed by atoms with Crippen molar-refractivity contribution >= 4 is 11.6 Å². The van der Waals surface area contributed by atoms with Gasteiger partial charge >= 0.3 is 0 Å². The average Bonchev–Trinajstić information content (AvgIpc) is 2.42. The molecule has 1 aromatic rings. The zero-order valence-corrected chi connectivity index (χ0v) is 13.1. The number of rotatable bonds is 7. The van der Waals surface area contributed by atoms with Crippen molar-refractivity contribution in [2.45, 2.75) is 39.8 Å². The van der Waals surface area contributed by atoms with Crippen LogP contribution in [0, 0.1) is 0 Å². The highest BCUT2D eigenvalue weighted by Crippen LogP contribution is 2.05. The Morgan fingerprint density at radius 1 is 1.25 bits per heavy atom. The average molecular weight is 278 g/mol. The van der Waals surface area contributed by atoms with E-state index >= 15 is 0 Å². The summed E-state index contributed by atoms with van der Waals surface area (Å²) in [6.07, 6.45) is 1.66. The van der Waals surface area contributed by atoms with Crippen LogP contribution in [0.5, 0.6) is 0 Å². The Balaban J connectivity index is 2.46. The molecule has 0 radical (unpaired) electrons.